The van der Waals surface area contributed by atoms with Gasteiger partial charge in [0.25, 0.3) is 0 Å². The SMILES string of the molecule is CCCNC(c1ccccc1Cl)C1CCOC2(CCC2)C1. The Morgan fingerprint density at radius 2 is 2.19 bits per heavy atom. The normalized spacial score (nSPS) is 25.5. The highest BCUT2D eigenvalue weighted by Crippen LogP contribution is 2.47. The van der Waals surface area contributed by atoms with Gasteiger partial charge in [-0.3, -0.25) is 0 Å². The summed E-state index contributed by atoms with van der Waals surface area (Å²) in [7, 11) is 0. The van der Waals surface area contributed by atoms with E-state index in [1.54, 1.807) is 0 Å². The Kier molecular flexibility index (Phi) is 4.88. The van der Waals surface area contributed by atoms with Crippen LogP contribution in [0.15, 0.2) is 24.3 Å². The molecule has 3 rings (SSSR count). The molecule has 0 bridgehead atoms. The summed E-state index contributed by atoms with van der Waals surface area (Å²) in [6, 6.07) is 8.66. The van der Waals surface area contributed by atoms with Crippen molar-refractivity contribution in [2.24, 2.45) is 5.92 Å². The maximum Gasteiger partial charge on any atom is 0.0686 e. The summed E-state index contributed by atoms with van der Waals surface area (Å²) in [5.41, 5.74) is 1.45. The fraction of sp³-hybridized carbons (Fsp3) is 0.667. The van der Waals surface area contributed by atoms with E-state index >= 15 is 0 Å². The van der Waals surface area contributed by atoms with Crippen LogP contribution in [0.2, 0.25) is 5.02 Å². The topological polar surface area (TPSA) is 21.3 Å². The van der Waals surface area contributed by atoms with Gasteiger partial charge < -0.3 is 10.1 Å². The van der Waals surface area contributed by atoms with Crippen molar-refractivity contribution in [3.8, 4) is 0 Å². The number of halogens is 1. The molecule has 1 aromatic rings. The largest absolute Gasteiger partial charge is 0.375 e. The van der Waals surface area contributed by atoms with Gasteiger partial charge in [-0.25, -0.2) is 0 Å². The van der Waals surface area contributed by atoms with E-state index in [1.165, 1.54) is 31.2 Å². The van der Waals surface area contributed by atoms with Crippen molar-refractivity contribution in [2.45, 2.75) is 57.1 Å². The Balaban J connectivity index is 1.80. The van der Waals surface area contributed by atoms with Gasteiger partial charge in [-0.15, -0.1) is 0 Å². The maximum atomic E-state index is 6.46. The molecule has 116 valence electrons. The standard InChI is InChI=1S/C18H26ClNO/c1-2-11-20-17(15-6-3-4-7-16(15)19)14-8-12-21-18(13-14)9-5-10-18/h3-4,6-7,14,17,20H,2,5,8-13H2,1H3. The van der Waals surface area contributed by atoms with Crippen molar-refractivity contribution in [3.63, 3.8) is 0 Å². The van der Waals surface area contributed by atoms with E-state index in [1.807, 2.05) is 12.1 Å². The van der Waals surface area contributed by atoms with Gasteiger partial charge >= 0.3 is 0 Å². The molecule has 1 saturated carbocycles. The van der Waals surface area contributed by atoms with Crippen molar-refractivity contribution in [1.29, 1.82) is 0 Å². The molecule has 2 aliphatic rings. The van der Waals surface area contributed by atoms with Crippen LogP contribution in [0.25, 0.3) is 0 Å². The summed E-state index contributed by atoms with van der Waals surface area (Å²) in [5.74, 6) is 0.630. The number of ether oxygens (including phenoxy) is 1. The second-order valence-corrected chi connectivity index (χ2v) is 7.00. The lowest BCUT2D eigenvalue weighted by Crippen LogP contribution is -2.48. The average Bonchev–Trinajstić information content (AvgIpc) is 2.48. The van der Waals surface area contributed by atoms with E-state index in [-0.39, 0.29) is 5.60 Å². The first-order chi connectivity index (χ1) is 10.2. The van der Waals surface area contributed by atoms with Gasteiger partial charge in [0, 0.05) is 17.7 Å². The molecule has 21 heavy (non-hydrogen) atoms. The monoisotopic (exact) mass is 307 g/mol. The van der Waals surface area contributed by atoms with Gasteiger partial charge in [0.2, 0.25) is 0 Å². The molecule has 1 aromatic carbocycles. The van der Waals surface area contributed by atoms with Crippen molar-refractivity contribution in [3.05, 3.63) is 34.9 Å². The molecular formula is C18H26ClNO. The van der Waals surface area contributed by atoms with Crippen LogP contribution in [0.3, 0.4) is 0 Å². The molecule has 0 amide bonds. The van der Waals surface area contributed by atoms with Gasteiger partial charge in [-0.05, 0) is 62.6 Å². The number of rotatable bonds is 5. The average molecular weight is 308 g/mol. The van der Waals surface area contributed by atoms with Crippen LogP contribution < -0.4 is 5.32 Å². The highest BCUT2D eigenvalue weighted by atomic mass is 35.5. The molecule has 1 aliphatic carbocycles. The van der Waals surface area contributed by atoms with E-state index in [0.29, 0.717) is 12.0 Å². The molecule has 1 saturated heterocycles. The molecule has 1 heterocycles. The van der Waals surface area contributed by atoms with Crippen molar-refractivity contribution in [1.82, 2.24) is 5.32 Å². The Morgan fingerprint density at radius 1 is 1.38 bits per heavy atom. The minimum atomic E-state index is 0.191. The van der Waals surface area contributed by atoms with E-state index in [4.69, 9.17) is 16.3 Å². The molecular weight excluding hydrogens is 282 g/mol. The van der Waals surface area contributed by atoms with Crippen molar-refractivity contribution < 1.29 is 4.74 Å². The Morgan fingerprint density at radius 3 is 2.86 bits per heavy atom. The first-order valence-electron chi connectivity index (χ1n) is 8.36. The van der Waals surface area contributed by atoms with Crippen LogP contribution in [-0.2, 0) is 4.74 Å². The van der Waals surface area contributed by atoms with Gasteiger partial charge in [0.1, 0.15) is 0 Å². The summed E-state index contributed by atoms with van der Waals surface area (Å²) in [5, 5.41) is 4.63. The van der Waals surface area contributed by atoms with E-state index in [2.05, 4.69) is 24.4 Å². The van der Waals surface area contributed by atoms with Gasteiger partial charge in [0.15, 0.2) is 0 Å². The van der Waals surface area contributed by atoms with Crippen LogP contribution in [0.4, 0.5) is 0 Å². The third-order valence-electron chi connectivity index (χ3n) is 5.12. The fourth-order valence-electron chi connectivity index (χ4n) is 3.83. The molecule has 1 N–H and O–H groups in total. The lowest BCUT2D eigenvalue weighted by Gasteiger charge is -2.49. The zero-order chi connectivity index (χ0) is 14.7. The predicted molar refractivity (Wildman–Crippen MR) is 87.7 cm³/mol. The van der Waals surface area contributed by atoms with E-state index in [9.17, 15) is 0 Å². The molecule has 1 aliphatic heterocycles. The molecule has 2 atom stereocenters. The minimum absolute atomic E-state index is 0.191. The Bertz CT molecular complexity index is 472. The van der Waals surface area contributed by atoms with Crippen LogP contribution >= 0.6 is 11.6 Å². The molecule has 0 radical (unpaired) electrons. The number of hydrogen-bond donors (Lipinski definition) is 1. The van der Waals surface area contributed by atoms with Crippen LogP contribution in [0, 0.1) is 5.92 Å². The summed E-state index contributed by atoms with van der Waals surface area (Å²) >= 11 is 6.46. The molecule has 2 nitrogen and oxygen atoms in total. The van der Waals surface area contributed by atoms with Crippen LogP contribution in [0.1, 0.15) is 57.1 Å². The number of hydrogen-bond acceptors (Lipinski definition) is 2. The van der Waals surface area contributed by atoms with Gasteiger partial charge in [-0.1, -0.05) is 36.7 Å². The molecule has 1 spiro atoms. The van der Waals surface area contributed by atoms with Crippen molar-refractivity contribution in [2.75, 3.05) is 13.2 Å². The number of nitrogens with one attached hydrogen (secondary N) is 1. The highest BCUT2D eigenvalue weighted by Gasteiger charge is 2.44. The lowest BCUT2D eigenvalue weighted by molar-refractivity contribution is -0.147. The summed E-state index contributed by atoms with van der Waals surface area (Å²) in [6.45, 7) is 4.16. The maximum absolute atomic E-state index is 6.46. The smallest absolute Gasteiger partial charge is 0.0686 e. The van der Waals surface area contributed by atoms with Gasteiger partial charge in [0.05, 0.1) is 5.60 Å². The molecule has 2 unspecified atom stereocenters. The zero-order valence-corrected chi connectivity index (χ0v) is 13.7. The Labute approximate surface area is 133 Å². The van der Waals surface area contributed by atoms with E-state index < -0.39 is 0 Å². The van der Waals surface area contributed by atoms with E-state index in [0.717, 1.165) is 31.0 Å². The van der Waals surface area contributed by atoms with Crippen molar-refractivity contribution >= 4 is 11.6 Å². The summed E-state index contributed by atoms with van der Waals surface area (Å²) < 4.78 is 6.09. The quantitative estimate of drug-likeness (QED) is 0.849. The predicted octanol–water partition coefficient (Wildman–Crippen LogP) is 4.73. The summed E-state index contributed by atoms with van der Waals surface area (Å²) in [6.07, 6.45) is 7.27. The number of benzene rings is 1. The highest BCUT2D eigenvalue weighted by molar-refractivity contribution is 6.31. The molecule has 3 heteroatoms. The lowest BCUT2D eigenvalue weighted by atomic mass is 9.69. The van der Waals surface area contributed by atoms with Crippen LogP contribution in [-0.4, -0.2) is 18.8 Å². The minimum Gasteiger partial charge on any atom is -0.375 e. The van der Waals surface area contributed by atoms with Crippen LogP contribution in [0.5, 0.6) is 0 Å². The molecule has 0 aromatic heterocycles. The van der Waals surface area contributed by atoms with Gasteiger partial charge in [-0.2, -0.15) is 0 Å². The first-order valence-corrected chi connectivity index (χ1v) is 8.74. The molecule has 2 fully saturated rings. The first kappa shape index (κ1) is 15.3. The zero-order valence-electron chi connectivity index (χ0n) is 12.9. The third kappa shape index (κ3) is 3.28. The third-order valence-corrected chi connectivity index (χ3v) is 5.47. The second-order valence-electron chi connectivity index (χ2n) is 6.59. The fourth-order valence-corrected chi connectivity index (χ4v) is 4.08. The summed E-state index contributed by atoms with van der Waals surface area (Å²) in [4.78, 5) is 0. The Hall–Kier alpha value is -0.570. The second kappa shape index (κ2) is 6.68.